The maximum atomic E-state index is 13.3. The van der Waals surface area contributed by atoms with Crippen LogP contribution in [-0.2, 0) is 4.79 Å². The number of benzene rings is 1. The standard InChI is InChI=1S/C12H14FNO2/c1-7(8-2-3-8)12(16)14-11-5-4-9(15)6-10(11)13/h4-8,15H,2-3H2,1H3,(H,14,16). The monoisotopic (exact) mass is 223 g/mol. The first-order valence-electron chi connectivity index (χ1n) is 5.37. The van der Waals surface area contributed by atoms with Gasteiger partial charge in [-0.3, -0.25) is 4.79 Å². The van der Waals surface area contributed by atoms with Crippen molar-refractivity contribution in [1.29, 1.82) is 0 Å². The van der Waals surface area contributed by atoms with Crippen LogP contribution in [-0.4, -0.2) is 11.0 Å². The molecule has 86 valence electrons. The minimum absolute atomic E-state index is 0.0757. The lowest BCUT2D eigenvalue weighted by Gasteiger charge is -2.11. The number of anilines is 1. The number of halogens is 1. The van der Waals surface area contributed by atoms with Crippen LogP contribution in [0.4, 0.5) is 10.1 Å². The van der Waals surface area contributed by atoms with Crippen molar-refractivity contribution in [1.82, 2.24) is 0 Å². The van der Waals surface area contributed by atoms with Gasteiger partial charge in [0, 0.05) is 12.0 Å². The molecule has 4 heteroatoms. The third-order valence-electron chi connectivity index (χ3n) is 2.95. The van der Waals surface area contributed by atoms with Crippen molar-refractivity contribution in [2.75, 3.05) is 5.32 Å². The number of phenols is 1. The number of hydrogen-bond donors (Lipinski definition) is 2. The Bertz CT molecular complexity index is 415. The summed E-state index contributed by atoms with van der Waals surface area (Å²) >= 11 is 0. The van der Waals surface area contributed by atoms with Crippen molar-refractivity contribution in [2.24, 2.45) is 11.8 Å². The second-order valence-electron chi connectivity index (χ2n) is 4.28. The minimum atomic E-state index is -0.614. The second kappa shape index (κ2) is 4.12. The Labute approximate surface area is 93.3 Å². The molecular weight excluding hydrogens is 209 g/mol. The summed E-state index contributed by atoms with van der Waals surface area (Å²) in [5, 5.41) is 11.6. The van der Waals surface area contributed by atoms with Gasteiger partial charge in [-0.15, -0.1) is 0 Å². The summed E-state index contributed by atoms with van der Waals surface area (Å²) < 4.78 is 13.3. The Hall–Kier alpha value is -1.58. The molecule has 1 fully saturated rings. The van der Waals surface area contributed by atoms with Crippen molar-refractivity contribution >= 4 is 11.6 Å². The molecule has 0 radical (unpaired) electrons. The van der Waals surface area contributed by atoms with E-state index in [1.165, 1.54) is 12.1 Å². The highest BCUT2D eigenvalue weighted by Crippen LogP contribution is 2.37. The van der Waals surface area contributed by atoms with E-state index < -0.39 is 5.82 Å². The summed E-state index contributed by atoms with van der Waals surface area (Å²) in [6.07, 6.45) is 2.15. The predicted molar refractivity (Wildman–Crippen MR) is 58.6 cm³/mol. The molecule has 2 N–H and O–H groups in total. The molecule has 1 amide bonds. The number of rotatable bonds is 3. The van der Waals surface area contributed by atoms with E-state index in [-0.39, 0.29) is 23.3 Å². The third-order valence-corrected chi connectivity index (χ3v) is 2.95. The number of carbonyl (C=O) groups is 1. The van der Waals surface area contributed by atoms with Crippen molar-refractivity contribution in [3.8, 4) is 5.75 Å². The number of hydrogen-bond acceptors (Lipinski definition) is 2. The van der Waals surface area contributed by atoms with Crippen LogP contribution in [0.1, 0.15) is 19.8 Å². The smallest absolute Gasteiger partial charge is 0.227 e. The first-order chi connectivity index (χ1) is 7.58. The Balaban J connectivity index is 2.05. The fraction of sp³-hybridized carbons (Fsp3) is 0.417. The van der Waals surface area contributed by atoms with Gasteiger partial charge in [-0.1, -0.05) is 6.92 Å². The van der Waals surface area contributed by atoms with Gasteiger partial charge in [0.1, 0.15) is 11.6 Å². The van der Waals surface area contributed by atoms with Crippen LogP contribution in [0, 0.1) is 17.7 Å². The van der Waals surface area contributed by atoms with E-state index in [2.05, 4.69) is 5.32 Å². The maximum Gasteiger partial charge on any atom is 0.227 e. The molecule has 0 saturated heterocycles. The van der Waals surface area contributed by atoms with Crippen LogP contribution in [0.5, 0.6) is 5.75 Å². The third kappa shape index (κ3) is 2.32. The Morgan fingerprint density at radius 1 is 1.56 bits per heavy atom. The molecule has 1 atom stereocenters. The number of aromatic hydroxyl groups is 1. The number of carbonyl (C=O) groups excluding carboxylic acids is 1. The first kappa shape index (κ1) is 10.9. The zero-order valence-electron chi connectivity index (χ0n) is 9.03. The van der Waals surface area contributed by atoms with E-state index in [0.29, 0.717) is 5.92 Å². The van der Waals surface area contributed by atoms with Crippen molar-refractivity contribution in [2.45, 2.75) is 19.8 Å². The zero-order valence-corrected chi connectivity index (χ0v) is 9.03. The Kier molecular flexibility index (Phi) is 2.81. The van der Waals surface area contributed by atoms with Gasteiger partial charge in [0.2, 0.25) is 5.91 Å². The molecule has 1 aromatic carbocycles. The normalized spacial score (nSPS) is 16.9. The molecule has 1 aliphatic rings. The van der Waals surface area contributed by atoms with Crippen LogP contribution in [0.2, 0.25) is 0 Å². The minimum Gasteiger partial charge on any atom is -0.508 e. The molecule has 0 aliphatic heterocycles. The zero-order chi connectivity index (χ0) is 11.7. The van der Waals surface area contributed by atoms with Gasteiger partial charge in [0.25, 0.3) is 0 Å². The van der Waals surface area contributed by atoms with Crippen molar-refractivity contribution in [3.05, 3.63) is 24.0 Å². The lowest BCUT2D eigenvalue weighted by molar-refractivity contribution is -0.119. The van der Waals surface area contributed by atoms with Crippen LogP contribution in [0.3, 0.4) is 0 Å². The number of amides is 1. The summed E-state index contributed by atoms with van der Waals surface area (Å²) in [6, 6.07) is 3.69. The lowest BCUT2D eigenvalue weighted by atomic mass is 10.1. The molecule has 0 aromatic heterocycles. The molecule has 2 rings (SSSR count). The Morgan fingerprint density at radius 2 is 2.25 bits per heavy atom. The van der Waals surface area contributed by atoms with E-state index >= 15 is 0 Å². The average Bonchev–Trinajstić information content (AvgIpc) is 3.04. The van der Waals surface area contributed by atoms with E-state index in [1.807, 2.05) is 6.92 Å². The molecule has 1 saturated carbocycles. The van der Waals surface area contributed by atoms with Crippen LogP contribution in [0.15, 0.2) is 18.2 Å². The molecule has 1 aliphatic carbocycles. The molecule has 16 heavy (non-hydrogen) atoms. The lowest BCUT2D eigenvalue weighted by Crippen LogP contribution is -2.22. The van der Waals surface area contributed by atoms with Crippen LogP contribution in [0.25, 0.3) is 0 Å². The summed E-state index contributed by atoms with van der Waals surface area (Å²) in [5.74, 6) is -0.553. The molecule has 0 bridgehead atoms. The molecule has 0 heterocycles. The first-order valence-corrected chi connectivity index (χ1v) is 5.37. The van der Waals surface area contributed by atoms with E-state index in [0.717, 1.165) is 18.9 Å². The average molecular weight is 223 g/mol. The van der Waals surface area contributed by atoms with Gasteiger partial charge < -0.3 is 10.4 Å². The quantitative estimate of drug-likeness (QED) is 0.773. The van der Waals surface area contributed by atoms with E-state index in [9.17, 15) is 9.18 Å². The highest BCUT2D eigenvalue weighted by Gasteiger charge is 2.32. The summed E-state index contributed by atoms with van der Waals surface area (Å²) in [4.78, 5) is 11.7. The molecular formula is C12H14FNO2. The summed E-state index contributed by atoms with van der Waals surface area (Å²) in [7, 11) is 0. The van der Waals surface area contributed by atoms with Gasteiger partial charge in [-0.05, 0) is 30.9 Å². The number of nitrogens with one attached hydrogen (secondary N) is 1. The van der Waals surface area contributed by atoms with Gasteiger partial charge in [-0.25, -0.2) is 4.39 Å². The largest absolute Gasteiger partial charge is 0.508 e. The van der Waals surface area contributed by atoms with Gasteiger partial charge in [0.05, 0.1) is 5.69 Å². The van der Waals surface area contributed by atoms with Crippen molar-refractivity contribution < 1.29 is 14.3 Å². The second-order valence-corrected chi connectivity index (χ2v) is 4.28. The topological polar surface area (TPSA) is 49.3 Å². The van der Waals surface area contributed by atoms with Crippen LogP contribution >= 0.6 is 0 Å². The number of phenolic OH excluding ortho intramolecular Hbond substituents is 1. The fourth-order valence-electron chi connectivity index (χ4n) is 1.66. The van der Waals surface area contributed by atoms with E-state index in [1.54, 1.807) is 0 Å². The predicted octanol–water partition coefficient (Wildman–Crippen LogP) is 2.52. The Morgan fingerprint density at radius 3 is 2.81 bits per heavy atom. The molecule has 1 unspecified atom stereocenters. The summed E-state index contributed by atoms with van der Waals surface area (Å²) in [5.41, 5.74) is 0.121. The van der Waals surface area contributed by atoms with Crippen molar-refractivity contribution in [3.63, 3.8) is 0 Å². The van der Waals surface area contributed by atoms with E-state index in [4.69, 9.17) is 5.11 Å². The SMILES string of the molecule is CC(C(=O)Nc1ccc(O)cc1F)C1CC1. The molecule has 0 spiro atoms. The van der Waals surface area contributed by atoms with Gasteiger partial charge >= 0.3 is 0 Å². The summed E-state index contributed by atoms with van der Waals surface area (Å²) in [6.45, 7) is 1.85. The highest BCUT2D eigenvalue weighted by atomic mass is 19.1. The molecule has 3 nitrogen and oxygen atoms in total. The van der Waals surface area contributed by atoms with Gasteiger partial charge in [0.15, 0.2) is 0 Å². The molecule has 1 aromatic rings. The maximum absolute atomic E-state index is 13.3. The fourth-order valence-corrected chi connectivity index (χ4v) is 1.66. The van der Waals surface area contributed by atoms with Gasteiger partial charge in [-0.2, -0.15) is 0 Å². The highest BCUT2D eigenvalue weighted by molar-refractivity contribution is 5.92. The van der Waals surface area contributed by atoms with Crippen LogP contribution < -0.4 is 5.32 Å².